The minimum absolute atomic E-state index is 0.484. The molecule has 0 spiro atoms. The molecule has 0 unspecified atom stereocenters. The fourth-order valence-electron chi connectivity index (χ4n) is 2.65. The highest BCUT2D eigenvalue weighted by atomic mass is 79.9. The molecular formula is C16H16BrNO. The van der Waals surface area contributed by atoms with Crippen molar-refractivity contribution in [3.8, 4) is 5.75 Å². The molecule has 0 aromatic heterocycles. The number of ether oxygens (including phenoxy) is 1. The Hall–Kier alpha value is -1.48. The molecule has 0 bridgehead atoms. The first kappa shape index (κ1) is 12.5. The Bertz CT molecular complexity index is 572. The number of methoxy groups -OCH3 is 1. The van der Waals surface area contributed by atoms with Crippen molar-refractivity contribution < 1.29 is 4.74 Å². The third-order valence-corrected chi connectivity index (χ3v) is 4.19. The van der Waals surface area contributed by atoms with Gasteiger partial charge < -0.3 is 10.1 Å². The van der Waals surface area contributed by atoms with Gasteiger partial charge >= 0.3 is 0 Å². The summed E-state index contributed by atoms with van der Waals surface area (Å²) in [4.78, 5) is 0. The molecule has 19 heavy (non-hydrogen) atoms. The SMILES string of the molecule is COc1ccc(NC2Cc3ccccc3C2)cc1Br. The van der Waals surface area contributed by atoms with Gasteiger partial charge in [0.2, 0.25) is 0 Å². The minimum Gasteiger partial charge on any atom is -0.496 e. The number of halogens is 1. The highest BCUT2D eigenvalue weighted by Crippen LogP contribution is 2.30. The molecule has 2 aromatic rings. The highest BCUT2D eigenvalue weighted by molar-refractivity contribution is 9.10. The van der Waals surface area contributed by atoms with Gasteiger partial charge in [-0.15, -0.1) is 0 Å². The van der Waals surface area contributed by atoms with Gasteiger partial charge in [0, 0.05) is 11.7 Å². The van der Waals surface area contributed by atoms with Crippen LogP contribution in [-0.2, 0) is 12.8 Å². The Balaban J connectivity index is 1.72. The van der Waals surface area contributed by atoms with E-state index in [1.165, 1.54) is 11.1 Å². The van der Waals surface area contributed by atoms with Crippen LogP contribution in [0.2, 0.25) is 0 Å². The molecule has 0 aliphatic heterocycles. The van der Waals surface area contributed by atoms with Crippen LogP contribution >= 0.6 is 15.9 Å². The zero-order valence-electron chi connectivity index (χ0n) is 10.8. The van der Waals surface area contributed by atoms with Crippen LogP contribution in [0.25, 0.3) is 0 Å². The summed E-state index contributed by atoms with van der Waals surface area (Å²) in [5.74, 6) is 0.861. The van der Waals surface area contributed by atoms with E-state index in [4.69, 9.17) is 4.74 Å². The average molecular weight is 318 g/mol. The van der Waals surface area contributed by atoms with E-state index in [1.54, 1.807) is 7.11 Å². The number of nitrogens with one attached hydrogen (secondary N) is 1. The van der Waals surface area contributed by atoms with Crippen LogP contribution in [0, 0.1) is 0 Å². The molecule has 1 aliphatic carbocycles. The quantitative estimate of drug-likeness (QED) is 0.922. The largest absolute Gasteiger partial charge is 0.496 e. The molecule has 0 amide bonds. The number of fused-ring (bicyclic) bond motifs is 1. The number of hydrogen-bond acceptors (Lipinski definition) is 2. The van der Waals surface area contributed by atoms with E-state index in [0.717, 1.165) is 28.8 Å². The number of anilines is 1. The fraction of sp³-hybridized carbons (Fsp3) is 0.250. The zero-order chi connectivity index (χ0) is 13.2. The Morgan fingerprint density at radius 2 is 1.79 bits per heavy atom. The molecule has 2 nitrogen and oxygen atoms in total. The lowest BCUT2D eigenvalue weighted by Crippen LogP contribution is -2.19. The molecule has 1 N–H and O–H groups in total. The van der Waals surface area contributed by atoms with Gasteiger partial charge in [-0.1, -0.05) is 24.3 Å². The molecule has 3 rings (SSSR count). The van der Waals surface area contributed by atoms with E-state index in [0.29, 0.717) is 6.04 Å². The van der Waals surface area contributed by atoms with E-state index >= 15 is 0 Å². The van der Waals surface area contributed by atoms with Crippen LogP contribution < -0.4 is 10.1 Å². The summed E-state index contributed by atoms with van der Waals surface area (Å²) in [6.45, 7) is 0. The van der Waals surface area contributed by atoms with Gasteiger partial charge in [-0.05, 0) is 58.1 Å². The maximum Gasteiger partial charge on any atom is 0.133 e. The Kier molecular flexibility index (Phi) is 3.47. The monoisotopic (exact) mass is 317 g/mol. The average Bonchev–Trinajstić information content (AvgIpc) is 2.81. The summed E-state index contributed by atoms with van der Waals surface area (Å²) < 4.78 is 6.23. The summed E-state index contributed by atoms with van der Waals surface area (Å²) in [5, 5.41) is 3.59. The van der Waals surface area contributed by atoms with Crippen molar-refractivity contribution in [2.24, 2.45) is 0 Å². The van der Waals surface area contributed by atoms with Gasteiger partial charge in [-0.25, -0.2) is 0 Å². The minimum atomic E-state index is 0.484. The van der Waals surface area contributed by atoms with E-state index in [9.17, 15) is 0 Å². The van der Waals surface area contributed by atoms with Crippen molar-refractivity contribution in [3.05, 3.63) is 58.1 Å². The Labute approximate surface area is 121 Å². The summed E-state index contributed by atoms with van der Waals surface area (Å²) in [6, 6.07) is 15.3. The van der Waals surface area contributed by atoms with Crippen molar-refractivity contribution in [2.75, 3.05) is 12.4 Å². The normalized spacial score (nSPS) is 14.2. The van der Waals surface area contributed by atoms with Crippen LogP contribution in [0.1, 0.15) is 11.1 Å². The first-order chi connectivity index (χ1) is 9.26. The molecular weight excluding hydrogens is 302 g/mol. The second-order valence-electron chi connectivity index (χ2n) is 4.87. The summed E-state index contributed by atoms with van der Waals surface area (Å²) in [6.07, 6.45) is 2.19. The van der Waals surface area contributed by atoms with E-state index in [-0.39, 0.29) is 0 Å². The van der Waals surface area contributed by atoms with Crippen molar-refractivity contribution in [3.63, 3.8) is 0 Å². The lowest BCUT2D eigenvalue weighted by Gasteiger charge is -2.14. The maximum atomic E-state index is 5.25. The van der Waals surface area contributed by atoms with Gasteiger partial charge in [0.05, 0.1) is 11.6 Å². The summed E-state index contributed by atoms with van der Waals surface area (Å²) in [7, 11) is 1.68. The molecule has 0 heterocycles. The van der Waals surface area contributed by atoms with Gasteiger partial charge in [0.1, 0.15) is 5.75 Å². The number of rotatable bonds is 3. The fourth-order valence-corrected chi connectivity index (χ4v) is 3.19. The predicted molar refractivity (Wildman–Crippen MR) is 82.0 cm³/mol. The van der Waals surface area contributed by atoms with Crippen molar-refractivity contribution in [2.45, 2.75) is 18.9 Å². The van der Waals surface area contributed by atoms with E-state index < -0.39 is 0 Å². The van der Waals surface area contributed by atoms with Gasteiger partial charge in [-0.2, -0.15) is 0 Å². The van der Waals surface area contributed by atoms with Crippen molar-refractivity contribution >= 4 is 21.6 Å². The van der Waals surface area contributed by atoms with Crippen LogP contribution in [0.4, 0.5) is 5.69 Å². The van der Waals surface area contributed by atoms with Gasteiger partial charge in [-0.3, -0.25) is 0 Å². The second-order valence-corrected chi connectivity index (χ2v) is 5.72. The Morgan fingerprint density at radius 1 is 1.11 bits per heavy atom. The molecule has 98 valence electrons. The van der Waals surface area contributed by atoms with Crippen molar-refractivity contribution in [1.82, 2.24) is 0 Å². The molecule has 0 atom stereocenters. The maximum absolute atomic E-state index is 5.25. The van der Waals surface area contributed by atoms with Crippen LogP contribution in [0.3, 0.4) is 0 Å². The first-order valence-corrected chi connectivity index (χ1v) is 7.22. The number of benzene rings is 2. The molecule has 2 aromatic carbocycles. The molecule has 3 heteroatoms. The lowest BCUT2D eigenvalue weighted by molar-refractivity contribution is 0.412. The Morgan fingerprint density at radius 3 is 2.37 bits per heavy atom. The zero-order valence-corrected chi connectivity index (χ0v) is 12.4. The van der Waals surface area contributed by atoms with Crippen molar-refractivity contribution in [1.29, 1.82) is 0 Å². The van der Waals surface area contributed by atoms with Crippen LogP contribution in [-0.4, -0.2) is 13.2 Å². The standard InChI is InChI=1S/C16H16BrNO/c1-19-16-7-6-13(10-15(16)17)18-14-8-11-4-2-3-5-12(11)9-14/h2-7,10,14,18H,8-9H2,1H3. The predicted octanol–water partition coefficient (Wildman–Crippen LogP) is 4.04. The second kappa shape index (κ2) is 5.25. The molecule has 1 aliphatic rings. The smallest absolute Gasteiger partial charge is 0.133 e. The van der Waals surface area contributed by atoms with Gasteiger partial charge in [0.25, 0.3) is 0 Å². The summed E-state index contributed by atoms with van der Waals surface area (Å²) >= 11 is 3.52. The molecule has 0 saturated carbocycles. The number of hydrogen-bond donors (Lipinski definition) is 1. The van der Waals surface area contributed by atoms with E-state index in [2.05, 4.69) is 57.6 Å². The lowest BCUT2D eigenvalue weighted by atomic mass is 10.1. The molecule has 0 saturated heterocycles. The third-order valence-electron chi connectivity index (χ3n) is 3.57. The highest BCUT2D eigenvalue weighted by Gasteiger charge is 2.20. The molecule has 0 fully saturated rings. The topological polar surface area (TPSA) is 21.3 Å². The first-order valence-electron chi connectivity index (χ1n) is 6.43. The third kappa shape index (κ3) is 2.61. The van der Waals surface area contributed by atoms with E-state index in [1.807, 2.05) is 6.07 Å². The van der Waals surface area contributed by atoms with Crippen LogP contribution in [0.15, 0.2) is 46.9 Å². The molecule has 0 radical (unpaired) electrons. The van der Waals surface area contributed by atoms with Crippen LogP contribution in [0.5, 0.6) is 5.75 Å². The summed E-state index contributed by atoms with van der Waals surface area (Å²) in [5.41, 5.74) is 4.06. The van der Waals surface area contributed by atoms with Gasteiger partial charge in [0.15, 0.2) is 0 Å².